The molecule has 0 aliphatic carbocycles. The maximum atomic E-state index is 6.28. The normalized spacial score (nSPS) is 17.3. The van der Waals surface area contributed by atoms with Crippen LogP contribution in [0.15, 0.2) is 6.07 Å². The Bertz CT molecular complexity index is 439. The van der Waals surface area contributed by atoms with Gasteiger partial charge in [-0.25, -0.2) is 4.98 Å². The van der Waals surface area contributed by atoms with Gasteiger partial charge in [0.25, 0.3) is 0 Å². The van der Waals surface area contributed by atoms with Crippen LogP contribution >= 0.6 is 23.2 Å². The molecule has 0 spiro atoms. The second kappa shape index (κ2) is 8.30. The van der Waals surface area contributed by atoms with Crippen molar-refractivity contribution in [1.82, 2.24) is 9.88 Å². The third-order valence-corrected chi connectivity index (χ3v) is 4.42. The van der Waals surface area contributed by atoms with E-state index < -0.39 is 0 Å². The highest BCUT2D eigenvalue weighted by atomic mass is 35.5. The number of hydrogen-bond acceptors (Lipinski definition) is 4. The van der Waals surface area contributed by atoms with Crippen molar-refractivity contribution in [2.24, 2.45) is 5.73 Å². The Labute approximate surface area is 136 Å². The first-order chi connectivity index (χ1) is 10.1. The van der Waals surface area contributed by atoms with E-state index in [9.17, 15) is 0 Å². The molecule has 21 heavy (non-hydrogen) atoms. The van der Waals surface area contributed by atoms with E-state index in [1.807, 2.05) is 13.0 Å². The molecule has 1 fully saturated rings. The summed E-state index contributed by atoms with van der Waals surface area (Å²) in [6, 6.07) is 1.87. The van der Waals surface area contributed by atoms with E-state index in [-0.39, 0.29) is 0 Å². The van der Waals surface area contributed by atoms with Crippen molar-refractivity contribution in [3.05, 3.63) is 27.5 Å². The van der Waals surface area contributed by atoms with E-state index in [1.165, 1.54) is 0 Å². The summed E-state index contributed by atoms with van der Waals surface area (Å²) in [5.74, 6) is 0. The van der Waals surface area contributed by atoms with Crippen LogP contribution in [0.1, 0.15) is 30.5 Å². The molecule has 0 unspecified atom stereocenters. The van der Waals surface area contributed by atoms with E-state index in [0.717, 1.165) is 56.8 Å². The Kier molecular flexibility index (Phi) is 6.71. The number of nitrogens with zero attached hydrogens (tertiary/aromatic N) is 2. The van der Waals surface area contributed by atoms with Gasteiger partial charge in [-0.1, -0.05) is 23.2 Å². The van der Waals surface area contributed by atoms with Crippen LogP contribution in [-0.4, -0.2) is 42.2 Å². The molecule has 0 atom stereocenters. The quantitative estimate of drug-likeness (QED) is 0.643. The largest absolute Gasteiger partial charge is 0.378 e. The summed E-state index contributed by atoms with van der Waals surface area (Å²) in [6.07, 6.45) is 3.37. The van der Waals surface area contributed by atoms with Gasteiger partial charge >= 0.3 is 0 Å². The molecule has 0 amide bonds. The average Bonchev–Trinajstić information content (AvgIpc) is 2.44. The van der Waals surface area contributed by atoms with Crippen molar-refractivity contribution in [1.29, 1.82) is 0 Å². The molecule has 0 aromatic carbocycles. The van der Waals surface area contributed by atoms with Crippen molar-refractivity contribution < 1.29 is 4.74 Å². The minimum Gasteiger partial charge on any atom is -0.378 e. The van der Waals surface area contributed by atoms with Gasteiger partial charge in [0.1, 0.15) is 5.15 Å². The van der Waals surface area contributed by atoms with E-state index in [0.29, 0.717) is 22.8 Å². The molecule has 1 aliphatic rings. The third-order valence-electron chi connectivity index (χ3n) is 3.77. The number of halogens is 2. The molecule has 2 heterocycles. The molecule has 2 N–H and O–H groups in total. The minimum atomic E-state index is 0.356. The first-order valence-electron chi connectivity index (χ1n) is 7.45. The van der Waals surface area contributed by atoms with Crippen LogP contribution < -0.4 is 5.73 Å². The number of pyridine rings is 1. The number of likely N-dealkylation sites (tertiary alicyclic amines) is 1. The second-order valence-electron chi connectivity index (χ2n) is 5.50. The molecule has 1 aromatic heterocycles. The Balaban J connectivity index is 1.84. The van der Waals surface area contributed by atoms with E-state index in [1.54, 1.807) is 0 Å². The number of ether oxygens (including phenoxy) is 1. The van der Waals surface area contributed by atoms with Crippen LogP contribution in [0.25, 0.3) is 0 Å². The molecule has 118 valence electrons. The average molecular weight is 332 g/mol. The summed E-state index contributed by atoms with van der Waals surface area (Å²) < 4.78 is 5.81. The Morgan fingerprint density at radius 1 is 1.38 bits per heavy atom. The van der Waals surface area contributed by atoms with E-state index >= 15 is 0 Å². The lowest BCUT2D eigenvalue weighted by molar-refractivity contribution is 0.00563. The standard InChI is InChI=1S/C15H23Cl2N3O/c1-11-9-14(16)13(15(17)19-11)10-20-6-3-12(4-7-20)21-8-2-5-18/h9,12H,2-8,10,18H2,1H3. The van der Waals surface area contributed by atoms with Gasteiger partial charge in [0, 0.05) is 42.5 Å². The lowest BCUT2D eigenvalue weighted by Gasteiger charge is -2.32. The first-order valence-corrected chi connectivity index (χ1v) is 8.21. The second-order valence-corrected chi connectivity index (χ2v) is 6.27. The van der Waals surface area contributed by atoms with Gasteiger partial charge < -0.3 is 10.5 Å². The fraction of sp³-hybridized carbons (Fsp3) is 0.667. The fourth-order valence-electron chi connectivity index (χ4n) is 2.56. The maximum Gasteiger partial charge on any atom is 0.135 e. The van der Waals surface area contributed by atoms with Crippen LogP contribution in [0.2, 0.25) is 10.2 Å². The minimum absolute atomic E-state index is 0.356. The van der Waals surface area contributed by atoms with Crippen molar-refractivity contribution in [2.75, 3.05) is 26.2 Å². The van der Waals surface area contributed by atoms with Crippen LogP contribution in [0.3, 0.4) is 0 Å². The van der Waals surface area contributed by atoms with Gasteiger partial charge in [-0.15, -0.1) is 0 Å². The fourth-order valence-corrected chi connectivity index (χ4v) is 3.21. The predicted molar refractivity (Wildman–Crippen MR) is 86.9 cm³/mol. The number of hydrogen-bond donors (Lipinski definition) is 1. The summed E-state index contributed by atoms with van der Waals surface area (Å²) in [5.41, 5.74) is 7.24. The van der Waals surface area contributed by atoms with Gasteiger partial charge in [-0.05, 0) is 38.8 Å². The van der Waals surface area contributed by atoms with Crippen molar-refractivity contribution >= 4 is 23.2 Å². The molecule has 4 nitrogen and oxygen atoms in total. The Hall–Kier alpha value is -0.390. The van der Waals surface area contributed by atoms with Crippen LogP contribution in [0, 0.1) is 6.92 Å². The zero-order valence-electron chi connectivity index (χ0n) is 12.4. The van der Waals surface area contributed by atoms with Crippen LogP contribution in [-0.2, 0) is 11.3 Å². The zero-order valence-corrected chi connectivity index (χ0v) is 14.0. The topological polar surface area (TPSA) is 51.4 Å². The molecular weight excluding hydrogens is 309 g/mol. The van der Waals surface area contributed by atoms with Gasteiger partial charge in [0.05, 0.1) is 6.10 Å². The lowest BCUT2D eigenvalue weighted by atomic mass is 10.1. The Morgan fingerprint density at radius 3 is 2.71 bits per heavy atom. The number of aromatic nitrogens is 1. The molecule has 0 saturated carbocycles. The maximum absolute atomic E-state index is 6.28. The molecular formula is C15H23Cl2N3O. The van der Waals surface area contributed by atoms with Crippen molar-refractivity contribution in [2.45, 2.75) is 38.8 Å². The highest BCUT2D eigenvalue weighted by Crippen LogP contribution is 2.26. The van der Waals surface area contributed by atoms with Gasteiger partial charge in [-0.3, -0.25) is 4.90 Å². The molecule has 1 aliphatic heterocycles. The third kappa shape index (κ3) is 5.08. The number of piperidine rings is 1. The SMILES string of the molecule is Cc1cc(Cl)c(CN2CCC(OCCCN)CC2)c(Cl)n1. The summed E-state index contributed by atoms with van der Waals surface area (Å²) in [5, 5.41) is 1.22. The number of aryl methyl sites for hydroxylation is 1. The molecule has 0 bridgehead atoms. The zero-order chi connectivity index (χ0) is 15.2. The summed E-state index contributed by atoms with van der Waals surface area (Å²) in [7, 11) is 0. The number of nitrogens with two attached hydrogens (primary N) is 1. The predicted octanol–water partition coefficient (Wildman–Crippen LogP) is 3.03. The molecule has 1 aromatic rings. The highest BCUT2D eigenvalue weighted by Gasteiger charge is 2.21. The van der Waals surface area contributed by atoms with Gasteiger partial charge in [-0.2, -0.15) is 0 Å². The van der Waals surface area contributed by atoms with Crippen molar-refractivity contribution in [3.63, 3.8) is 0 Å². The highest BCUT2D eigenvalue weighted by molar-refractivity contribution is 6.35. The molecule has 2 rings (SSSR count). The monoisotopic (exact) mass is 331 g/mol. The Morgan fingerprint density at radius 2 is 2.10 bits per heavy atom. The van der Waals surface area contributed by atoms with Crippen LogP contribution in [0.4, 0.5) is 0 Å². The van der Waals surface area contributed by atoms with Gasteiger partial charge in [0.15, 0.2) is 0 Å². The number of rotatable bonds is 6. The summed E-state index contributed by atoms with van der Waals surface area (Å²) in [4.78, 5) is 6.64. The molecule has 6 heteroatoms. The lowest BCUT2D eigenvalue weighted by Crippen LogP contribution is -2.37. The first kappa shape index (κ1) is 17.0. The van der Waals surface area contributed by atoms with E-state index in [4.69, 9.17) is 33.7 Å². The molecule has 0 radical (unpaired) electrons. The van der Waals surface area contributed by atoms with Gasteiger partial charge in [0.2, 0.25) is 0 Å². The van der Waals surface area contributed by atoms with Crippen LogP contribution in [0.5, 0.6) is 0 Å². The smallest absolute Gasteiger partial charge is 0.135 e. The molecule has 1 saturated heterocycles. The summed E-state index contributed by atoms with van der Waals surface area (Å²) >= 11 is 12.5. The van der Waals surface area contributed by atoms with E-state index in [2.05, 4.69) is 9.88 Å². The van der Waals surface area contributed by atoms with Crippen molar-refractivity contribution in [3.8, 4) is 0 Å². The summed E-state index contributed by atoms with van der Waals surface area (Å²) in [6.45, 7) is 6.09.